The minimum atomic E-state index is 0.0809. The first kappa shape index (κ1) is 47.5. The van der Waals surface area contributed by atoms with Gasteiger partial charge in [0.05, 0.1) is 6.04 Å². The molecule has 0 N–H and O–H groups in total. The van der Waals surface area contributed by atoms with E-state index < -0.39 is 0 Å². The van der Waals surface area contributed by atoms with Crippen molar-refractivity contribution >= 4 is 72.6 Å². The highest BCUT2D eigenvalue weighted by Gasteiger charge is 2.39. The maximum absolute atomic E-state index is 2.57. The Morgan fingerprint density at radius 2 is 0.709 bits per heavy atom. The van der Waals surface area contributed by atoms with Gasteiger partial charge in [-0.15, -0.1) is 0 Å². The number of aryl methyl sites for hydroxylation is 2. The monoisotopic (exact) mass is 1010 g/mol. The number of fused-ring (bicyclic) bond motifs is 5. The van der Waals surface area contributed by atoms with E-state index in [4.69, 9.17) is 0 Å². The molecule has 2 atom stereocenters. The molecule has 0 saturated carbocycles. The third kappa shape index (κ3) is 8.76. The van der Waals surface area contributed by atoms with Crippen molar-refractivity contribution in [2.75, 3.05) is 14.7 Å². The molecule has 79 heavy (non-hydrogen) atoms. The van der Waals surface area contributed by atoms with Gasteiger partial charge in [-0.25, -0.2) is 0 Å². The van der Waals surface area contributed by atoms with Crippen LogP contribution >= 0.6 is 0 Å². The van der Waals surface area contributed by atoms with Gasteiger partial charge < -0.3 is 14.7 Å². The van der Waals surface area contributed by atoms with Crippen LogP contribution in [-0.4, -0.2) is 6.04 Å². The molecule has 12 aromatic rings. The number of anilines is 8. The normalized spacial score (nSPS) is 14.5. The van der Waals surface area contributed by atoms with Gasteiger partial charge >= 0.3 is 0 Å². The summed E-state index contributed by atoms with van der Waals surface area (Å²) in [6, 6.07) is 102. The number of benzene rings is 12. The van der Waals surface area contributed by atoms with E-state index in [2.05, 4.69) is 326 Å². The van der Waals surface area contributed by atoms with Crippen LogP contribution in [0.15, 0.2) is 297 Å². The lowest BCUT2D eigenvalue weighted by Gasteiger charge is -2.30. The molecule has 14 rings (SSSR count). The first-order valence-corrected chi connectivity index (χ1v) is 27.5. The van der Waals surface area contributed by atoms with Crippen molar-refractivity contribution in [1.82, 2.24) is 0 Å². The number of allylic oxidation sites excluding steroid dienone is 2. The Bertz CT molecular complexity index is 4170. The Balaban J connectivity index is 0.848. The highest BCUT2D eigenvalue weighted by Crippen LogP contribution is 2.52. The highest BCUT2D eigenvalue weighted by atomic mass is 15.2. The van der Waals surface area contributed by atoms with Crippen molar-refractivity contribution in [3.8, 4) is 33.4 Å². The van der Waals surface area contributed by atoms with Gasteiger partial charge in [-0.3, -0.25) is 0 Å². The van der Waals surface area contributed by atoms with Crippen LogP contribution in [0.4, 0.5) is 45.5 Å². The van der Waals surface area contributed by atoms with Crippen LogP contribution in [-0.2, 0) is 0 Å². The first-order chi connectivity index (χ1) is 39.0. The van der Waals surface area contributed by atoms with Crippen molar-refractivity contribution in [2.24, 2.45) is 0 Å². The molecule has 2 unspecified atom stereocenters. The fourth-order valence-corrected chi connectivity index (χ4v) is 12.3. The number of hydrogen-bond donors (Lipinski definition) is 0. The maximum Gasteiger partial charge on any atom is 0.0630 e. The van der Waals surface area contributed by atoms with Crippen LogP contribution in [0.1, 0.15) is 28.2 Å². The second-order valence-electron chi connectivity index (χ2n) is 21.0. The Morgan fingerprint density at radius 1 is 0.329 bits per heavy atom. The molecule has 1 heterocycles. The average Bonchev–Trinajstić information content (AvgIpc) is 4.12. The summed E-state index contributed by atoms with van der Waals surface area (Å²) in [5, 5.41) is 5.04. The van der Waals surface area contributed by atoms with Gasteiger partial charge in [-0.2, -0.15) is 0 Å². The number of hydrogen-bond acceptors (Lipinski definition) is 3. The molecule has 0 bridgehead atoms. The molecule has 0 amide bonds. The lowest BCUT2D eigenvalue weighted by atomic mass is 9.85. The maximum atomic E-state index is 2.57. The number of nitrogens with zero attached hydrogens (tertiary/aromatic N) is 3. The number of para-hydroxylation sites is 2. The molecular weight excluding hydrogens is 955 g/mol. The molecule has 3 heteroatoms. The summed E-state index contributed by atoms with van der Waals surface area (Å²) < 4.78 is 0. The predicted molar refractivity (Wildman–Crippen MR) is 335 cm³/mol. The minimum Gasteiger partial charge on any atom is -0.333 e. The van der Waals surface area contributed by atoms with E-state index in [0.717, 1.165) is 34.1 Å². The Morgan fingerprint density at radius 3 is 1.19 bits per heavy atom. The Labute approximate surface area is 463 Å². The van der Waals surface area contributed by atoms with Crippen molar-refractivity contribution in [3.05, 3.63) is 320 Å². The van der Waals surface area contributed by atoms with Gasteiger partial charge in [0.1, 0.15) is 0 Å². The Kier molecular flexibility index (Phi) is 12.1. The molecule has 1 aliphatic heterocycles. The Hall–Kier alpha value is -9.96. The lowest BCUT2D eigenvalue weighted by molar-refractivity contribution is 0.747. The molecule has 3 nitrogen and oxygen atoms in total. The molecule has 0 aromatic heterocycles. The van der Waals surface area contributed by atoms with Gasteiger partial charge in [0.15, 0.2) is 0 Å². The summed E-state index contributed by atoms with van der Waals surface area (Å²) in [5.74, 6) is 0.107. The van der Waals surface area contributed by atoms with E-state index in [1.807, 2.05) is 0 Å². The fraction of sp³-hybridized carbons (Fsp3) is 0.0526. The molecular formula is C76H57N3. The molecule has 1 aliphatic carbocycles. The third-order valence-electron chi connectivity index (χ3n) is 16.1. The van der Waals surface area contributed by atoms with E-state index in [-0.39, 0.29) is 12.0 Å². The van der Waals surface area contributed by atoms with Gasteiger partial charge in [-0.05, 0) is 183 Å². The van der Waals surface area contributed by atoms with Crippen LogP contribution in [0.25, 0.3) is 60.5 Å². The van der Waals surface area contributed by atoms with Gasteiger partial charge in [-0.1, -0.05) is 211 Å². The topological polar surface area (TPSA) is 9.72 Å². The highest BCUT2D eigenvalue weighted by molar-refractivity contribution is 6.21. The van der Waals surface area contributed by atoms with E-state index in [9.17, 15) is 0 Å². The molecule has 0 radical (unpaired) electrons. The summed E-state index contributed by atoms with van der Waals surface area (Å²) in [4.78, 5) is 7.23. The van der Waals surface area contributed by atoms with Gasteiger partial charge in [0.2, 0.25) is 0 Å². The zero-order chi connectivity index (χ0) is 52.8. The predicted octanol–water partition coefficient (Wildman–Crippen LogP) is 20.8. The fourth-order valence-electron chi connectivity index (χ4n) is 12.3. The minimum absolute atomic E-state index is 0.0809. The zero-order valence-corrected chi connectivity index (χ0v) is 44.3. The van der Waals surface area contributed by atoms with E-state index in [0.29, 0.717) is 0 Å². The number of rotatable bonds is 11. The van der Waals surface area contributed by atoms with Crippen LogP contribution in [0, 0.1) is 13.8 Å². The smallest absolute Gasteiger partial charge is 0.0630 e. The average molecular weight is 1010 g/mol. The van der Waals surface area contributed by atoms with E-state index >= 15 is 0 Å². The molecule has 2 aliphatic rings. The lowest BCUT2D eigenvalue weighted by Crippen LogP contribution is -2.28. The van der Waals surface area contributed by atoms with E-state index in [1.54, 1.807) is 0 Å². The second kappa shape index (κ2) is 20.2. The molecule has 376 valence electrons. The van der Waals surface area contributed by atoms with Crippen LogP contribution in [0.2, 0.25) is 0 Å². The summed E-state index contributed by atoms with van der Waals surface area (Å²) in [5.41, 5.74) is 22.7. The van der Waals surface area contributed by atoms with Crippen LogP contribution in [0.3, 0.4) is 0 Å². The van der Waals surface area contributed by atoms with Crippen molar-refractivity contribution in [2.45, 2.75) is 25.8 Å². The van der Waals surface area contributed by atoms with Gasteiger partial charge in [0, 0.05) is 51.4 Å². The summed E-state index contributed by atoms with van der Waals surface area (Å²) in [6.07, 6.45) is 7.29. The zero-order valence-electron chi connectivity index (χ0n) is 44.3. The molecule has 0 saturated heterocycles. The standard InChI is InChI=1S/C76H57N3/c1-52-26-38-62(39-27-52)77(60-18-8-4-9-19-60)64-42-30-54(31-43-64)58-36-48-73-71(50-58)72-51-59(55-32-44-65(45-33-55)78(61-20-10-5-11-21-61)63-40-28-53(2)29-41-63)37-49-74(72)79(73)66-46-34-57(35-47-66)76-69-24-14-12-22-67(69)75(56-16-6-3-7-17-56)68-23-13-15-25-70(68)76/h3-51,71,73H,1-2H3. The SMILES string of the molecule is Cc1ccc(N(c2ccccc2)c2ccc(C3=CC4c5cc(-c6ccc(N(c7ccccc7)c7ccc(C)cc7)cc6)ccc5N(c5ccc(-c6c7ccccc7c(-c7ccccc7)c7ccccc67)cc5)C4C=C3)cc2)cc1. The third-order valence-corrected chi connectivity index (χ3v) is 16.1. The molecule has 0 fully saturated rings. The van der Waals surface area contributed by atoms with Crippen LogP contribution in [0.5, 0.6) is 0 Å². The quantitative estimate of drug-likeness (QED) is 0.120. The van der Waals surface area contributed by atoms with Gasteiger partial charge in [0.25, 0.3) is 0 Å². The van der Waals surface area contributed by atoms with Crippen molar-refractivity contribution < 1.29 is 0 Å². The van der Waals surface area contributed by atoms with Crippen LogP contribution < -0.4 is 14.7 Å². The van der Waals surface area contributed by atoms with E-state index in [1.165, 1.54) is 94.1 Å². The molecule has 0 spiro atoms. The first-order valence-electron chi connectivity index (χ1n) is 27.5. The summed E-state index contributed by atoms with van der Waals surface area (Å²) >= 11 is 0. The van der Waals surface area contributed by atoms with Crippen molar-refractivity contribution in [1.29, 1.82) is 0 Å². The second-order valence-corrected chi connectivity index (χ2v) is 21.0. The summed E-state index contributed by atoms with van der Waals surface area (Å²) in [7, 11) is 0. The van der Waals surface area contributed by atoms with Crippen molar-refractivity contribution in [3.63, 3.8) is 0 Å². The largest absolute Gasteiger partial charge is 0.333 e. The summed E-state index contributed by atoms with van der Waals surface area (Å²) in [6.45, 7) is 4.28. The molecule has 12 aromatic carbocycles.